The van der Waals surface area contributed by atoms with Gasteiger partial charge in [0.05, 0.1) is 0 Å². The first-order valence-electron chi connectivity index (χ1n) is 10.9. The minimum atomic E-state index is -0.263. The average Bonchev–Trinajstić information content (AvgIpc) is 2.63. The monoisotopic (exact) mass is 375 g/mol. The fraction of sp³-hybridized carbons (Fsp3) is 0.696. The maximum atomic E-state index is 14.8. The maximum absolute atomic E-state index is 14.8. The molecule has 0 amide bonds. The molecule has 1 aromatic carbocycles. The second-order valence-corrected chi connectivity index (χ2v) is 8.40. The van der Waals surface area contributed by atoms with Gasteiger partial charge >= 0.3 is 5.97 Å². The maximum Gasteiger partial charge on any atom is 0.311 e. The molecule has 4 heteroatoms. The normalized spacial score (nSPS) is 24.6. The molecule has 1 fully saturated rings. The molecule has 0 spiro atoms. The van der Waals surface area contributed by atoms with Crippen molar-refractivity contribution in [3.05, 3.63) is 29.1 Å². The Hall–Kier alpha value is -1.42. The topological polar surface area (TPSA) is 52.3 Å². The molecule has 1 aromatic rings. The molecule has 2 N–H and O–H groups in total. The highest BCUT2D eigenvalue weighted by atomic mass is 19.1. The van der Waals surface area contributed by atoms with E-state index in [1.54, 1.807) is 0 Å². The standard InChI is InChI=1S/C23H34FNO2/c1-2-3-4-5-9-12-22(26)27-17-14-19-18-11-8-6-7-10-16(23(18)25)13-20(19)21(24)15-17/h14-16,18,23H,2-13,25H2,1H3. The molecule has 1 saturated carbocycles. The summed E-state index contributed by atoms with van der Waals surface area (Å²) in [5.74, 6) is 0.398. The zero-order chi connectivity index (χ0) is 19.2. The largest absolute Gasteiger partial charge is 0.426 e. The van der Waals surface area contributed by atoms with Gasteiger partial charge in [-0.25, -0.2) is 4.39 Å². The molecule has 3 unspecified atom stereocenters. The van der Waals surface area contributed by atoms with Crippen LogP contribution in [0, 0.1) is 11.7 Å². The third-order valence-corrected chi connectivity index (χ3v) is 6.38. The summed E-state index contributed by atoms with van der Waals surface area (Å²) in [4.78, 5) is 12.1. The van der Waals surface area contributed by atoms with Crippen LogP contribution >= 0.6 is 0 Å². The van der Waals surface area contributed by atoms with E-state index in [0.29, 0.717) is 24.5 Å². The van der Waals surface area contributed by atoms with Gasteiger partial charge in [-0.1, -0.05) is 51.9 Å². The SMILES string of the molecule is CCCCCCCC(=O)Oc1cc(F)c2c(c1)C1CCCCCC(C2)C1N. The van der Waals surface area contributed by atoms with Gasteiger partial charge in [0, 0.05) is 18.5 Å². The lowest BCUT2D eigenvalue weighted by Gasteiger charge is -2.39. The molecule has 2 aliphatic rings. The highest BCUT2D eigenvalue weighted by Gasteiger charge is 2.36. The van der Waals surface area contributed by atoms with Crippen LogP contribution < -0.4 is 10.5 Å². The first-order valence-corrected chi connectivity index (χ1v) is 10.9. The Labute approximate surface area is 162 Å². The van der Waals surface area contributed by atoms with Gasteiger partial charge in [0.2, 0.25) is 0 Å². The predicted molar refractivity (Wildman–Crippen MR) is 106 cm³/mol. The van der Waals surface area contributed by atoms with Gasteiger partial charge in [-0.15, -0.1) is 0 Å². The Morgan fingerprint density at radius 2 is 1.93 bits per heavy atom. The van der Waals surface area contributed by atoms with Crippen LogP contribution in [-0.4, -0.2) is 12.0 Å². The summed E-state index contributed by atoms with van der Waals surface area (Å²) < 4.78 is 20.3. The first-order chi connectivity index (χ1) is 13.1. The number of hydrogen-bond donors (Lipinski definition) is 1. The third-order valence-electron chi connectivity index (χ3n) is 6.38. The molecular weight excluding hydrogens is 341 g/mol. The summed E-state index contributed by atoms with van der Waals surface area (Å²) in [6.45, 7) is 2.17. The molecule has 27 heavy (non-hydrogen) atoms. The summed E-state index contributed by atoms with van der Waals surface area (Å²) in [5.41, 5.74) is 8.32. The number of halogens is 1. The number of fused-ring (bicyclic) bond motifs is 4. The second-order valence-electron chi connectivity index (χ2n) is 8.40. The Morgan fingerprint density at radius 3 is 2.74 bits per heavy atom. The van der Waals surface area contributed by atoms with Crippen molar-refractivity contribution in [1.82, 2.24) is 0 Å². The lowest BCUT2D eigenvalue weighted by Crippen LogP contribution is -2.42. The van der Waals surface area contributed by atoms with Crippen LogP contribution in [0.5, 0.6) is 5.75 Å². The quantitative estimate of drug-likeness (QED) is 0.381. The van der Waals surface area contributed by atoms with Crippen LogP contribution in [0.15, 0.2) is 12.1 Å². The van der Waals surface area contributed by atoms with Gasteiger partial charge in [0.15, 0.2) is 0 Å². The lowest BCUT2D eigenvalue weighted by atomic mass is 9.68. The smallest absolute Gasteiger partial charge is 0.311 e. The van der Waals surface area contributed by atoms with Crippen LogP contribution in [0.1, 0.15) is 94.6 Å². The van der Waals surface area contributed by atoms with E-state index in [1.165, 1.54) is 31.7 Å². The van der Waals surface area contributed by atoms with Gasteiger partial charge < -0.3 is 10.5 Å². The molecule has 0 saturated heterocycles. The van der Waals surface area contributed by atoms with Crippen molar-refractivity contribution >= 4 is 5.97 Å². The molecule has 0 aliphatic heterocycles. The summed E-state index contributed by atoms with van der Waals surface area (Å²) in [5, 5.41) is 0. The zero-order valence-electron chi connectivity index (χ0n) is 16.6. The molecule has 3 nitrogen and oxygen atoms in total. The fourth-order valence-electron chi connectivity index (χ4n) is 4.82. The number of hydrogen-bond acceptors (Lipinski definition) is 3. The molecule has 3 rings (SSSR count). The van der Waals surface area contributed by atoms with E-state index in [-0.39, 0.29) is 23.7 Å². The minimum Gasteiger partial charge on any atom is -0.426 e. The zero-order valence-corrected chi connectivity index (χ0v) is 16.6. The van der Waals surface area contributed by atoms with E-state index < -0.39 is 0 Å². The van der Waals surface area contributed by atoms with Gasteiger partial charge in [0.25, 0.3) is 0 Å². The van der Waals surface area contributed by atoms with Crippen molar-refractivity contribution in [1.29, 1.82) is 0 Å². The van der Waals surface area contributed by atoms with E-state index in [0.717, 1.165) is 49.7 Å². The highest BCUT2D eigenvalue weighted by Crippen LogP contribution is 2.43. The van der Waals surface area contributed by atoms with Gasteiger partial charge in [-0.3, -0.25) is 4.79 Å². The second kappa shape index (κ2) is 9.68. The number of unbranched alkanes of at least 4 members (excludes halogenated alkanes) is 4. The van der Waals surface area contributed by atoms with Crippen molar-refractivity contribution in [2.24, 2.45) is 11.7 Å². The molecule has 150 valence electrons. The molecule has 0 radical (unpaired) electrons. The predicted octanol–water partition coefficient (Wildman–Crippen LogP) is 5.64. The van der Waals surface area contributed by atoms with Gasteiger partial charge in [-0.2, -0.15) is 0 Å². The molecule has 2 bridgehead atoms. The van der Waals surface area contributed by atoms with Crippen LogP contribution in [0.25, 0.3) is 0 Å². The Kier molecular flexibility index (Phi) is 7.28. The number of nitrogens with two attached hydrogens (primary N) is 1. The van der Waals surface area contributed by atoms with Gasteiger partial charge in [-0.05, 0) is 54.7 Å². The number of benzene rings is 1. The lowest BCUT2D eigenvalue weighted by molar-refractivity contribution is -0.134. The number of carbonyl (C=O) groups is 1. The van der Waals surface area contributed by atoms with E-state index >= 15 is 0 Å². The summed E-state index contributed by atoms with van der Waals surface area (Å²) >= 11 is 0. The van der Waals surface area contributed by atoms with Crippen molar-refractivity contribution in [2.45, 2.75) is 95.9 Å². The molecule has 3 atom stereocenters. The molecule has 0 heterocycles. The van der Waals surface area contributed by atoms with Gasteiger partial charge in [0.1, 0.15) is 11.6 Å². The van der Waals surface area contributed by atoms with Crippen LogP contribution in [0.3, 0.4) is 0 Å². The first kappa shape index (κ1) is 20.3. The van der Waals surface area contributed by atoms with E-state index in [2.05, 4.69) is 6.92 Å². The molecule has 0 aromatic heterocycles. The summed E-state index contributed by atoms with van der Waals surface area (Å²) in [7, 11) is 0. The number of esters is 1. The number of ether oxygens (including phenoxy) is 1. The minimum absolute atomic E-state index is 0.0849. The van der Waals surface area contributed by atoms with Crippen molar-refractivity contribution < 1.29 is 13.9 Å². The van der Waals surface area contributed by atoms with Crippen LogP contribution in [-0.2, 0) is 11.2 Å². The average molecular weight is 376 g/mol. The van der Waals surface area contributed by atoms with Crippen LogP contribution in [0.4, 0.5) is 4.39 Å². The summed E-state index contributed by atoms with van der Waals surface area (Å²) in [6, 6.07) is 3.36. The Bertz CT molecular complexity index is 646. The van der Waals surface area contributed by atoms with Crippen molar-refractivity contribution in [3.8, 4) is 5.75 Å². The highest BCUT2D eigenvalue weighted by molar-refractivity contribution is 5.72. The third kappa shape index (κ3) is 5.10. The molecule has 2 aliphatic carbocycles. The fourth-order valence-corrected chi connectivity index (χ4v) is 4.82. The Morgan fingerprint density at radius 1 is 1.15 bits per heavy atom. The van der Waals surface area contributed by atoms with E-state index in [1.807, 2.05) is 6.07 Å². The van der Waals surface area contributed by atoms with E-state index in [4.69, 9.17) is 10.5 Å². The molecular formula is C23H34FNO2. The number of carbonyl (C=O) groups excluding carboxylic acids is 1. The van der Waals surface area contributed by atoms with E-state index in [9.17, 15) is 9.18 Å². The van der Waals surface area contributed by atoms with Crippen LogP contribution in [0.2, 0.25) is 0 Å². The number of rotatable bonds is 7. The van der Waals surface area contributed by atoms with Crippen molar-refractivity contribution in [3.63, 3.8) is 0 Å². The van der Waals surface area contributed by atoms with Crippen molar-refractivity contribution in [2.75, 3.05) is 0 Å². The Balaban J connectivity index is 1.69. The summed E-state index contributed by atoms with van der Waals surface area (Å²) in [6.07, 6.45) is 12.2.